The van der Waals surface area contributed by atoms with E-state index in [4.69, 9.17) is 15.2 Å². The Kier molecular flexibility index (Phi) is 6.10. The molecule has 1 amide bonds. The summed E-state index contributed by atoms with van der Waals surface area (Å²) in [6.45, 7) is 0. The zero-order valence-electron chi connectivity index (χ0n) is 15.3. The smallest absolute Gasteiger partial charge is 0.459 e. The van der Waals surface area contributed by atoms with E-state index in [1.54, 1.807) is 5.32 Å². The molecule has 0 aliphatic carbocycles. The van der Waals surface area contributed by atoms with Crippen LogP contribution in [0.2, 0.25) is 0 Å². The van der Waals surface area contributed by atoms with Gasteiger partial charge >= 0.3 is 18.3 Å². The van der Waals surface area contributed by atoms with Crippen LogP contribution in [0.15, 0.2) is 18.2 Å². The lowest BCUT2D eigenvalue weighted by Crippen LogP contribution is -2.36. The number of carbonyl (C=O) groups is 1. The Morgan fingerprint density at radius 3 is 2.16 bits per heavy atom. The quantitative estimate of drug-likeness (QED) is 0.458. The van der Waals surface area contributed by atoms with E-state index < -0.39 is 63.5 Å². The van der Waals surface area contributed by atoms with E-state index in [1.165, 1.54) is 0 Å². The van der Waals surface area contributed by atoms with Crippen molar-refractivity contribution in [2.24, 2.45) is 7.05 Å². The Balaban J connectivity index is 2.64. The molecular formula is C15H12F8N4O4. The average Bonchev–Trinajstić information content (AvgIpc) is 2.97. The number of nitrogens with one attached hydrogen (secondary N) is 1. The standard InChI is InChI=1S/C15H12F8N4O4/c1-26-11(8(14(18,19)20)10(25-26)13(16,17)15(21,22)23)24-12(28)6-4-3-5-7(27(29)30)9(6)31-2/h3-5,29-30H,1-2H3,(H,24,28). The van der Waals surface area contributed by atoms with Gasteiger partial charge in [0.05, 0.1) is 12.7 Å². The highest BCUT2D eigenvalue weighted by molar-refractivity contribution is 6.07. The van der Waals surface area contributed by atoms with Crippen LogP contribution in [0.25, 0.3) is 0 Å². The molecule has 1 aromatic carbocycles. The first kappa shape index (κ1) is 24.1. The van der Waals surface area contributed by atoms with Crippen molar-refractivity contribution >= 4 is 17.4 Å². The number of anilines is 2. The van der Waals surface area contributed by atoms with Crippen LogP contribution in [-0.4, -0.2) is 39.4 Å². The van der Waals surface area contributed by atoms with E-state index in [2.05, 4.69) is 5.10 Å². The first-order chi connectivity index (χ1) is 14.0. The molecule has 0 radical (unpaired) electrons. The predicted octanol–water partition coefficient (Wildman–Crippen LogP) is 3.94. The number of rotatable bonds is 5. The van der Waals surface area contributed by atoms with Gasteiger partial charge in [-0.05, 0) is 12.1 Å². The van der Waals surface area contributed by atoms with Crippen LogP contribution in [0.5, 0.6) is 5.75 Å². The Morgan fingerprint density at radius 2 is 1.71 bits per heavy atom. The fourth-order valence-electron chi connectivity index (χ4n) is 2.54. The number of benzene rings is 1. The first-order valence-electron chi connectivity index (χ1n) is 7.79. The third-order valence-corrected chi connectivity index (χ3v) is 3.87. The lowest BCUT2D eigenvalue weighted by Gasteiger charge is -2.20. The molecule has 0 fully saturated rings. The van der Waals surface area contributed by atoms with Crippen molar-refractivity contribution < 1.29 is 55.1 Å². The normalized spacial score (nSPS) is 12.6. The Bertz CT molecular complexity index is 985. The van der Waals surface area contributed by atoms with E-state index in [0.29, 0.717) is 7.05 Å². The summed E-state index contributed by atoms with van der Waals surface area (Å²) in [5, 5.41) is 22.0. The van der Waals surface area contributed by atoms with Gasteiger partial charge in [0.25, 0.3) is 5.91 Å². The van der Waals surface area contributed by atoms with Gasteiger partial charge in [0.1, 0.15) is 17.1 Å². The summed E-state index contributed by atoms with van der Waals surface area (Å²) in [7, 11) is 1.57. The SMILES string of the molecule is COc1c(C(=O)Nc2c(C(F)(F)F)c(C(F)(F)C(F)(F)F)nn2C)cccc1N(O)O. The molecule has 0 unspecified atom stereocenters. The minimum Gasteiger partial charge on any atom is -0.494 e. The second-order valence-electron chi connectivity index (χ2n) is 5.87. The van der Waals surface area contributed by atoms with Gasteiger partial charge in [0.15, 0.2) is 11.4 Å². The number of methoxy groups -OCH3 is 1. The van der Waals surface area contributed by atoms with Crippen molar-refractivity contribution in [1.82, 2.24) is 9.78 Å². The number of nitrogens with zero attached hydrogens (tertiary/aromatic N) is 3. The van der Waals surface area contributed by atoms with Gasteiger partial charge in [0.2, 0.25) is 0 Å². The highest BCUT2D eigenvalue weighted by atomic mass is 19.4. The van der Waals surface area contributed by atoms with Crippen LogP contribution in [0, 0.1) is 0 Å². The minimum atomic E-state index is -6.40. The molecule has 16 heteroatoms. The van der Waals surface area contributed by atoms with Crippen LogP contribution in [-0.2, 0) is 19.1 Å². The van der Waals surface area contributed by atoms with E-state index in [-0.39, 0.29) is 4.68 Å². The Hall–Kier alpha value is -3.14. The molecule has 172 valence electrons. The number of amides is 1. The highest BCUT2D eigenvalue weighted by Crippen LogP contribution is 2.49. The second kappa shape index (κ2) is 7.84. The second-order valence-corrected chi connectivity index (χ2v) is 5.87. The molecule has 0 atom stereocenters. The number of aryl methyl sites for hydroxylation is 1. The first-order valence-corrected chi connectivity index (χ1v) is 7.79. The molecule has 8 nitrogen and oxygen atoms in total. The zero-order chi connectivity index (χ0) is 23.9. The maximum absolute atomic E-state index is 13.7. The number of ether oxygens (including phenoxy) is 1. The molecule has 2 aromatic rings. The van der Waals surface area contributed by atoms with Crippen LogP contribution >= 0.6 is 0 Å². The summed E-state index contributed by atoms with van der Waals surface area (Å²) >= 11 is 0. The molecule has 0 bridgehead atoms. The molecule has 0 spiro atoms. The molecule has 0 saturated heterocycles. The molecule has 2 rings (SSSR count). The molecule has 0 saturated carbocycles. The largest absolute Gasteiger partial charge is 0.494 e. The molecule has 3 N–H and O–H groups in total. The van der Waals surface area contributed by atoms with Gasteiger partial charge in [-0.15, -0.1) is 5.23 Å². The molecule has 0 aliphatic heterocycles. The van der Waals surface area contributed by atoms with Crippen LogP contribution in [0.1, 0.15) is 21.6 Å². The number of aromatic nitrogens is 2. The van der Waals surface area contributed by atoms with Gasteiger partial charge in [-0.25, -0.2) is 0 Å². The van der Waals surface area contributed by atoms with Gasteiger partial charge in [-0.2, -0.15) is 40.2 Å². The molecule has 31 heavy (non-hydrogen) atoms. The number of hydrogen-bond acceptors (Lipinski definition) is 6. The molecule has 1 heterocycles. The van der Waals surface area contributed by atoms with E-state index in [9.17, 15) is 39.9 Å². The van der Waals surface area contributed by atoms with Crippen LogP contribution in [0.3, 0.4) is 0 Å². The predicted molar refractivity (Wildman–Crippen MR) is 85.2 cm³/mol. The third kappa shape index (κ3) is 4.34. The molecule has 0 aliphatic rings. The van der Waals surface area contributed by atoms with Crippen molar-refractivity contribution in [2.75, 3.05) is 17.7 Å². The Labute approximate surface area is 167 Å². The van der Waals surface area contributed by atoms with Gasteiger partial charge in [-0.3, -0.25) is 19.9 Å². The highest BCUT2D eigenvalue weighted by Gasteiger charge is 2.64. The number of halogens is 8. The summed E-state index contributed by atoms with van der Waals surface area (Å²) in [6, 6.07) is 3.04. The van der Waals surface area contributed by atoms with Crippen LogP contribution < -0.4 is 15.3 Å². The fourth-order valence-corrected chi connectivity index (χ4v) is 2.54. The van der Waals surface area contributed by atoms with Gasteiger partial charge in [-0.1, -0.05) is 6.07 Å². The number of para-hydroxylation sites is 1. The zero-order valence-corrected chi connectivity index (χ0v) is 15.3. The fraction of sp³-hybridized carbons (Fsp3) is 0.333. The summed E-state index contributed by atoms with van der Waals surface area (Å²) < 4.78 is 110. The topological polar surface area (TPSA) is 99.9 Å². The minimum absolute atomic E-state index is 0.00355. The van der Waals surface area contributed by atoms with E-state index >= 15 is 0 Å². The van der Waals surface area contributed by atoms with Crippen molar-refractivity contribution in [3.63, 3.8) is 0 Å². The lowest BCUT2D eigenvalue weighted by molar-refractivity contribution is -0.292. The molecule has 1 aromatic heterocycles. The van der Waals surface area contributed by atoms with Gasteiger partial charge in [0, 0.05) is 7.05 Å². The van der Waals surface area contributed by atoms with Crippen molar-refractivity contribution in [2.45, 2.75) is 18.3 Å². The van der Waals surface area contributed by atoms with Gasteiger partial charge < -0.3 is 10.1 Å². The van der Waals surface area contributed by atoms with Crippen molar-refractivity contribution in [3.05, 3.63) is 35.0 Å². The van der Waals surface area contributed by atoms with Crippen LogP contribution in [0.4, 0.5) is 46.6 Å². The van der Waals surface area contributed by atoms with Crippen molar-refractivity contribution in [3.8, 4) is 5.75 Å². The summed E-state index contributed by atoms with van der Waals surface area (Å²) in [6.07, 6.45) is -12.2. The van der Waals surface area contributed by atoms with E-state index in [0.717, 1.165) is 25.3 Å². The lowest BCUT2D eigenvalue weighted by atomic mass is 10.1. The average molecular weight is 464 g/mol. The maximum Gasteiger partial charge on any atom is 0.459 e. The summed E-state index contributed by atoms with van der Waals surface area (Å²) in [5.41, 5.74) is -6.29. The number of alkyl halides is 8. The summed E-state index contributed by atoms with van der Waals surface area (Å²) in [4.78, 5) is 12.5. The number of carbonyl (C=O) groups excluding carboxylic acids is 1. The monoisotopic (exact) mass is 464 g/mol. The third-order valence-electron chi connectivity index (χ3n) is 3.87. The molecular weight excluding hydrogens is 452 g/mol. The maximum atomic E-state index is 13.7. The van der Waals surface area contributed by atoms with Crippen molar-refractivity contribution in [1.29, 1.82) is 0 Å². The number of hydrogen-bond donors (Lipinski definition) is 3. The Morgan fingerprint density at radius 1 is 1.13 bits per heavy atom. The summed E-state index contributed by atoms with van der Waals surface area (Å²) in [5.74, 6) is -9.50. The van der Waals surface area contributed by atoms with E-state index in [1.807, 2.05) is 0 Å².